The summed E-state index contributed by atoms with van der Waals surface area (Å²) in [5, 5.41) is 20.1. The number of benzene rings is 3. The van der Waals surface area contributed by atoms with Gasteiger partial charge in [-0.25, -0.2) is 9.87 Å². The normalized spacial score (nSPS) is 13.2. The van der Waals surface area contributed by atoms with E-state index in [9.17, 15) is 24.1 Å². The van der Waals surface area contributed by atoms with Crippen molar-refractivity contribution >= 4 is 29.2 Å². The van der Waals surface area contributed by atoms with Crippen molar-refractivity contribution in [2.45, 2.75) is 13.0 Å². The highest BCUT2D eigenvalue weighted by Crippen LogP contribution is 2.27. The molecule has 1 heterocycles. The van der Waals surface area contributed by atoms with Gasteiger partial charge in [0.1, 0.15) is 5.82 Å². The van der Waals surface area contributed by atoms with Gasteiger partial charge in [0, 0.05) is 36.4 Å². The fraction of sp³-hybridized carbons (Fsp3) is 0.120. The number of nitrogens with zero attached hydrogens (tertiary/aromatic N) is 2. The minimum absolute atomic E-state index is 0.110. The highest BCUT2D eigenvalue weighted by Gasteiger charge is 2.25. The third kappa shape index (κ3) is 4.84. The number of non-ortho nitro benzene ring substituents is 1. The summed E-state index contributed by atoms with van der Waals surface area (Å²) in [5.74, 6) is -1.43. The summed E-state index contributed by atoms with van der Waals surface area (Å²) < 4.78 is 13.5. The molecule has 0 aliphatic carbocycles. The number of hydrogen-bond donors (Lipinski definition) is 2. The molecule has 0 spiro atoms. The van der Waals surface area contributed by atoms with Crippen LogP contribution in [0.2, 0.25) is 0 Å². The first-order chi connectivity index (χ1) is 16.4. The lowest BCUT2D eigenvalue weighted by Gasteiger charge is -2.30. The van der Waals surface area contributed by atoms with E-state index in [0.717, 1.165) is 11.1 Å². The van der Waals surface area contributed by atoms with Crippen LogP contribution in [0.1, 0.15) is 32.6 Å². The Morgan fingerprint density at radius 2 is 1.76 bits per heavy atom. The number of rotatable bonds is 5. The van der Waals surface area contributed by atoms with Gasteiger partial charge in [-0.1, -0.05) is 30.3 Å². The standard InChI is InChI=1S/C25H20FN3O5/c26-21-8-6-18(7-9-21)23(13-16-2-1-3-22(12-16)29(33)34)25(31)28-11-10-17-4-5-19(24(30)27-32)14-20(17)15-28/h1-9,12-14,32H,10-11,15H2,(H,27,30)/b23-13+. The molecule has 0 bridgehead atoms. The first-order valence-corrected chi connectivity index (χ1v) is 10.4. The molecular formula is C25H20FN3O5. The van der Waals surface area contributed by atoms with Crippen LogP contribution >= 0.6 is 0 Å². The smallest absolute Gasteiger partial charge is 0.274 e. The lowest BCUT2D eigenvalue weighted by molar-refractivity contribution is -0.384. The Balaban J connectivity index is 1.70. The summed E-state index contributed by atoms with van der Waals surface area (Å²) in [5.41, 5.74) is 4.70. The van der Waals surface area contributed by atoms with E-state index in [1.165, 1.54) is 42.5 Å². The summed E-state index contributed by atoms with van der Waals surface area (Å²) in [4.78, 5) is 37.6. The van der Waals surface area contributed by atoms with Gasteiger partial charge in [-0.3, -0.25) is 24.9 Å². The van der Waals surface area contributed by atoms with Crippen LogP contribution in [0.4, 0.5) is 10.1 Å². The van der Waals surface area contributed by atoms with E-state index >= 15 is 0 Å². The van der Waals surface area contributed by atoms with E-state index < -0.39 is 16.6 Å². The molecule has 4 rings (SSSR count). The second kappa shape index (κ2) is 9.63. The third-order valence-corrected chi connectivity index (χ3v) is 5.65. The molecule has 3 aromatic rings. The SMILES string of the molecule is O=C(NO)c1ccc2c(c1)CN(C(=O)/C(=C/c1cccc([N+](=O)[O-])c1)c1ccc(F)cc1)CC2. The maximum Gasteiger partial charge on any atom is 0.274 e. The van der Waals surface area contributed by atoms with Crippen LogP contribution < -0.4 is 5.48 Å². The van der Waals surface area contributed by atoms with Crippen molar-refractivity contribution < 1.29 is 24.1 Å². The molecule has 0 atom stereocenters. The van der Waals surface area contributed by atoms with Gasteiger partial charge in [-0.15, -0.1) is 0 Å². The summed E-state index contributed by atoms with van der Waals surface area (Å²) >= 11 is 0. The first-order valence-electron chi connectivity index (χ1n) is 10.4. The Kier molecular flexibility index (Phi) is 6.46. The Morgan fingerprint density at radius 3 is 2.47 bits per heavy atom. The quantitative estimate of drug-likeness (QED) is 0.196. The van der Waals surface area contributed by atoms with E-state index in [1.54, 1.807) is 40.7 Å². The highest BCUT2D eigenvalue weighted by molar-refractivity contribution is 6.24. The fourth-order valence-electron chi connectivity index (χ4n) is 3.90. The second-order valence-corrected chi connectivity index (χ2v) is 7.82. The van der Waals surface area contributed by atoms with Gasteiger partial charge in [0.2, 0.25) is 0 Å². The summed E-state index contributed by atoms with van der Waals surface area (Å²) in [6.45, 7) is 0.652. The zero-order chi connectivity index (χ0) is 24.2. The van der Waals surface area contributed by atoms with E-state index in [0.29, 0.717) is 24.1 Å². The van der Waals surface area contributed by atoms with Gasteiger partial charge >= 0.3 is 0 Å². The maximum absolute atomic E-state index is 13.6. The van der Waals surface area contributed by atoms with Crippen LogP contribution in [0, 0.1) is 15.9 Å². The second-order valence-electron chi connectivity index (χ2n) is 7.82. The maximum atomic E-state index is 13.6. The number of nitrogens with one attached hydrogen (secondary N) is 1. The number of hydroxylamine groups is 1. The summed E-state index contributed by atoms with van der Waals surface area (Å²) in [7, 11) is 0. The third-order valence-electron chi connectivity index (χ3n) is 5.65. The molecule has 172 valence electrons. The Bertz CT molecular complexity index is 1300. The Morgan fingerprint density at radius 1 is 1.03 bits per heavy atom. The van der Waals surface area contributed by atoms with Crippen molar-refractivity contribution in [3.05, 3.63) is 110 Å². The molecule has 34 heavy (non-hydrogen) atoms. The lowest BCUT2D eigenvalue weighted by Crippen LogP contribution is -2.36. The monoisotopic (exact) mass is 461 g/mol. The van der Waals surface area contributed by atoms with Gasteiger partial charge in [0.15, 0.2) is 0 Å². The zero-order valence-electron chi connectivity index (χ0n) is 17.9. The van der Waals surface area contributed by atoms with Gasteiger partial charge in [0.25, 0.3) is 17.5 Å². The largest absolute Gasteiger partial charge is 0.334 e. The number of nitro benzene ring substituents is 1. The van der Waals surface area contributed by atoms with Crippen LogP contribution in [0.5, 0.6) is 0 Å². The van der Waals surface area contributed by atoms with E-state index in [1.807, 2.05) is 0 Å². The van der Waals surface area contributed by atoms with Crippen LogP contribution in [0.3, 0.4) is 0 Å². The van der Waals surface area contributed by atoms with Crippen molar-refractivity contribution in [3.8, 4) is 0 Å². The van der Waals surface area contributed by atoms with E-state index in [4.69, 9.17) is 5.21 Å². The van der Waals surface area contributed by atoms with Crippen molar-refractivity contribution in [1.29, 1.82) is 0 Å². The molecule has 9 heteroatoms. The highest BCUT2D eigenvalue weighted by atomic mass is 19.1. The average molecular weight is 461 g/mol. The average Bonchev–Trinajstić information content (AvgIpc) is 2.86. The van der Waals surface area contributed by atoms with Crippen LogP contribution in [-0.2, 0) is 17.8 Å². The minimum Gasteiger partial charge on any atom is -0.334 e. The summed E-state index contributed by atoms with van der Waals surface area (Å²) in [6, 6.07) is 16.4. The number of fused-ring (bicyclic) bond motifs is 1. The number of halogens is 1. The topological polar surface area (TPSA) is 113 Å². The molecule has 2 amide bonds. The fourth-order valence-corrected chi connectivity index (χ4v) is 3.90. The van der Waals surface area contributed by atoms with Crippen molar-refractivity contribution in [2.75, 3.05) is 6.54 Å². The molecule has 2 N–H and O–H groups in total. The number of amides is 2. The van der Waals surface area contributed by atoms with Crippen molar-refractivity contribution in [2.24, 2.45) is 0 Å². The van der Waals surface area contributed by atoms with Gasteiger partial charge in [-0.05, 0) is 59.0 Å². The van der Waals surface area contributed by atoms with Crippen LogP contribution in [0.15, 0.2) is 66.7 Å². The number of hydrogen-bond acceptors (Lipinski definition) is 5. The predicted octanol–water partition coefficient (Wildman–Crippen LogP) is 3.98. The van der Waals surface area contributed by atoms with Crippen molar-refractivity contribution in [1.82, 2.24) is 10.4 Å². The number of nitro groups is 1. The van der Waals surface area contributed by atoms with Crippen molar-refractivity contribution in [3.63, 3.8) is 0 Å². The summed E-state index contributed by atoms with van der Waals surface area (Å²) in [6.07, 6.45) is 2.11. The molecule has 0 saturated heterocycles. The van der Waals surface area contributed by atoms with E-state index in [2.05, 4.69) is 0 Å². The molecule has 0 saturated carbocycles. The molecule has 0 aromatic heterocycles. The van der Waals surface area contributed by atoms with Crippen LogP contribution in [-0.4, -0.2) is 33.4 Å². The van der Waals surface area contributed by atoms with Crippen LogP contribution in [0.25, 0.3) is 11.6 Å². The first kappa shape index (κ1) is 22.8. The molecule has 3 aromatic carbocycles. The molecule has 1 aliphatic heterocycles. The molecule has 0 unspecified atom stereocenters. The molecule has 0 radical (unpaired) electrons. The number of carbonyl (C=O) groups is 2. The number of carbonyl (C=O) groups excluding carboxylic acids is 2. The predicted molar refractivity (Wildman–Crippen MR) is 122 cm³/mol. The minimum atomic E-state index is -0.649. The Hall–Kier alpha value is -4.37. The van der Waals surface area contributed by atoms with Gasteiger partial charge in [0.05, 0.1) is 4.92 Å². The molecule has 1 aliphatic rings. The molecule has 0 fully saturated rings. The zero-order valence-corrected chi connectivity index (χ0v) is 17.9. The van der Waals surface area contributed by atoms with Gasteiger partial charge < -0.3 is 4.90 Å². The lowest BCUT2D eigenvalue weighted by atomic mass is 9.95. The Labute approximate surface area is 194 Å². The molecular weight excluding hydrogens is 441 g/mol. The van der Waals surface area contributed by atoms with Gasteiger partial charge in [-0.2, -0.15) is 0 Å². The van der Waals surface area contributed by atoms with E-state index in [-0.39, 0.29) is 29.3 Å². The molecule has 8 nitrogen and oxygen atoms in total.